The highest BCUT2D eigenvalue weighted by Gasteiger charge is 2.24. The van der Waals surface area contributed by atoms with E-state index in [4.69, 9.17) is 4.74 Å². The molecule has 0 radical (unpaired) electrons. The molecular weight excluding hydrogens is 188 g/mol. The Labute approximate surface area is 94.2 Å². The first-order valence-electron chi connectivity index (χ1n) is 5.93. The Morgan fingerprint density at radius 1 is 1.53 bits per heavy atom. The van der Waals surface area contributed by atoms with Crippen LogP contribution in [0.5, 0.6) is 0 Å². The molecule has 15 heavy (non-hydrogen) atoms. The van der Waals surface area contributed by atoms with Crippen LogP contribution in [0.3, 0.4) is 0 Å². The van der Waals surface area contributed by atoms with Crippen molar-refractivity contribution in [3.8, 4) is 0 Å². The van der Waals surface area contributed by atoms with Gasteiger partial charge in [-0.1, -0.05) is 0 Å². The average Bonchev–Trinajstić information content (AvgIpc) is 2.50. The lowest BCUT2D eigenvalue weighted by Crippen LogP contribution is -2.42. The molecule has 0 amide bonds. The van der Waals surface area contributed by atoms with Gasteiger partial charge in [0.15, 0.2) is 0 Å². The largest absolute Gasteiger partial charge is 0.379 e. The number of hydrogen-bond acceptors (Lipinski definition) is 3. The first kappa shape index (κ1) is 12.9. The number of hydrogen-bond donors (Lipinski definition) is 1. The summed E-state index contributed by atoms with van der Waals surface area (Å²) in [5.41, 5.74) is -0.0169. The minimum atomic E-state index is -0.0169. The maximum absolute atomic E-state index is 5.44. The van der Waals surface area contributed by atoms with Crippen LogP contribution in [0.1, 0.15) is 33.6 Å². The molecule has 0 aromatic carbocycles. The molecule has 1 N–H and O–H groups in total. The number of likely N-dealkylation sites (N-methyl/N-ethyl adjacent to an activating group) is 1. The zero-order chi connectivity index (χ0) is 11.5. The Hall–Kier alpha value is -0.120. The normalized spacial score (nSPS) is 25.8. The molecule has 1 fully saturated rings. The molecule has 3 heteroatoms. The second kappa shape index (κ2) is 5.28. The number of nitrogens with one attached hydrogen (secondary N) is 1. The second-order valence-electron chi connectivity index (χ2n) is 5.48. The Morgan fingerprint density at radius 2 is 2.20 bits per heavy atom. The molecule has 0 bridgehead atoms. The predicted octanol–water partition coefficient (Wildman–Crippen LogP) is 1.48. The van der Waals surface area contributed by atoms with E-state index in [0.29, 0.717) is 12.1 Å². The van der Waals surface area contributed by atoms with Crippen molar-refractivity contribution in [2.45, 2.75) is 51.3 Å². The van der Waals surface area contributed by atoms with Crippen LogP contribution in [0.2, 0.25) is 0 Å². The highest BCUT2D eigenvalue weighted by molar-refractivity contribution is 4.83. The van der Waals surface area contributed by atoms with Gasteiger partial charge in [0.1, 0.15) is 0 Å². The first-order chi connectivity index (χ1) is 6.93. The Morgan fingerprint density at radius 3 is 2.67 bits per heavy atom. The number of methoxy groups -OCH3 is 1. The van der Waals surface area contributed by atoms with E-state index in [1.54, 1.807) is 7.11 Å². The summed E-state index contributed by atoms with van der Waals surface area (Å²) >= 11 is 0. The lowest BCUT2D eigenvalue weighted by atomic mass is 9.99. The molecule has 1 aliphatic rings. The summed E-state index contributed by atoms with van der Waals surface area (Å²) < 4.78 is 5.44. The van der Waals surface area contributed by atoms with E-state index >= 15 is 0 Å². The van der Waals surface area contributed by atoms with Crippen molar-refractivity contribution in [1.29, 1.82) is 0 Å². The molecule has 90 valence electrons. The van der Waals surface area contributed by atoms with Gasteiger partial charge in [0, 0.05) is 25.7 Å². The Bertz CT molecular complexity index is 194. The van der Waals surface area contributed by atoms with Crippen molar-refractivity contribution in [3.05, 3.63) is 0 Å². The standard InChI is InChI=1S/C12H26N2O/c1-10(8-12(2,3)15-5)13-11-6-7-14(4)9-11/h10-11,13H,6-9H2,1-5H3/t10-,11-/m0/s1. The molecule has 0 aromatic heterocycles. The average molecular weight is 214 g/mol. The number of nitrogens with zero attached hydrogens (tertiary/aromatic N) is 1. The third-order valence-corrected chi connectivity index (χ3v) is 3.26. The molecule has 1 rings (SSSR count). The van der Waals surface area contributed by atoms with Crippen LogP contribution in [0.4, 0.5) is 0 Å². The van der Waals surface area contributed by atoms with Gasteiger partial charge in [0.25, 0.3) is 0 Å². The van der Waals surface area contributed by atoms with E-state index in [2.05, 4.69) is 38.0 Å². The van der Waals surface area contributed by atoms with Crippen molar-refractivity contribution >= 4 is 0 Å². The van der Waals surface area contributed by atoms with Crippen LogP contribution in [-0.2, 0) is 4.74 Å². The molecule has 3 nitrogen and oxygen atoms in total. The number of rotatable bonds is 5. The maximum Gasteiger partial charge on any atom is 0.0637 e. The summed E-state index contributed by atoms with van der Waals surface area (Å²) in [6, 6.07) is 1.19. The zero-order valence-electron chi connectivity index (χ0n) is 10.8. The number of ether oxygens (including phenoxy) is 1. The van der Waals surface area contributed by atoms with Gasteiger partial charge < -0.3 is 15.0 Å². The molecule has 1 saturated heterocycles. The molecule has 2 atom stereocenters. The third-order valence-electron chi connectivity index (χ3n) is 3.26. The Kier molecular flexibility index (Phi) is 4.56. The molecule has 0 aromatic rings. The fourth-order valence-corrected chi connectivity index (χ4v) is 2.35. The van der Waals surface area contributed by atoms with Gasteiger partial charge in [-0.05, 0) is 47.2 Å². The van der Waals surface area contributed by atoms with Gasteiger partial charge >= 0.3 is 0 Å². The van der Waals surface area contributed by atoms with Crippen molar-refractivity contribution in [2.75, 3.05) is 27.2 Å². The number of likely N-dealkylation sites (tertiary alicyclic amines) is 1. The molecule has 0 aliphatic carbocycles. The van der Waals surface area contributed by atoms with Gasteiger partial charge in [0.05, 0.1) is 5.60 Å². The quantitative estimate of drug-likeness (QED) is 0.750. The monoisotopic (exact) mass is 214 g/mol. The molecule has 0 saturated carbocycles. The summed E-state index contributed by atoms with van der Waals surface area (Å²) in [6.07, 6.45) is 2.33. The van der Waals surface area contributed by atoms with Gasteiger partial charge in [-0.2, -0.15) is 0 Å². The van der Waals surface area contributed by atoms with Crippen molar-refractivity contribution in [3.63, 3.8) is 0 Å². The van der Waals surface area contributed by atoms with Crippen LogP contribution < -0.4 is 5.32 Å². The predicted molar refractivity (Wildman–Crippen MR) is 64.2 cm³/mol. The fraction of sp³-hybridized carbons (Fsp3) is 1.00. The third kappa shape index (κ3) is 4.49. The summed E-state index contributed by atoms with van der Waals surface area (Å²) in [5, 5.41) is 3.68. The SMILES string of the molecule is COC(C)(C)C[C@H](C)N[C@H]1CCN(C)C1. The molecular formula is C12H26N2O. The van der Waals surface area contributed by atoms with E-state index in [9.17, 15) is 0 Å². The minimum absolute atomic E-state index is 0.0169. The van der Waals surface area contributed by atoms with Crippen LogP contribution in [-0.4, -0.2) is 49.8 Å². The second-order valence-corrected chi connectivity index (χ2v) is 5.48. The summed E-state index contributed by atoms with van der Waals surface area (Å²) in [7, 11) is 3.97. The van der Waals surface area contributed by atoms with E-state index in [0.717, 1.165) is 6.42 Å². The summed E-state index contributed by atoms with van der Waals surface area (Å²) in [5.74, 6) is 0. The van der Waals surface area contributed by atoms with Crippen LogP contribution in [0.25, 0.3) is 0 Å². The van der Waals surface area contributed by atoms with Gasteiger partial charge in [-0.15, -0.1) is 0 Å². The van der Waals surface area contributed by atoms with Crippen molar-refractivity contribution in [2.24, 2.45) is 0 Å². The highest BCUT2D eigenvalue weighted by atomic mass is 16.5. The molecule has 1 aliphatic heterocycles. The zero-order valence-corrected chi connectivity index (χ0v) is 10.8. The lowest BCUT2D eigenvalue weighted by molar-refractivity contribution is 0.00779. The molecule has 0 spiro atoms. The summed E-state index contributed by atoms with van der Waals surface area (Å²) in [4.78, 5) is 2.38. The van der Waals surface area contributed by atoms with E-state index in [1.165, 1.54) is 19.5 Å². The lowest BCUT2D eigenvalue weighted by Gasteiger charge is -2.28. The molecule has 0 unspecified atom stereocenters. The van der Waals surface area contributed by atoms with Gasteiger partial charge in [0.2, 0.25) is 0 Å². The van der Waals surface area contributed by atoms with Crippen molar-refractivity contribution in [1.82, 2.24) is 10.2 Å². The highest BCUT2D eigenvalue weighted by Crippen LogP contribution is 2.16. The van der Waals surface area contributed by atoms with E-state index < -0.39 is 0 Å². The fourth-order valence-electron chi connectivity index (χ4n) is 2.35. The Balaban J connectivity index is 2.27. The molecule has 1 heterocycles. The van der Waals surface area contributed by atoms with Crippen LogP contribution in [0.15, 0.2) is 0 Å². The van der Waals surface area contributed by atoms with Gasteiger partial charge in [-0.25, -0.2) is 0 Å². The summed E-state index contributed by atoms with van der Waals surface area (Å²) in [6.45, 7) is 8.94. The first-order valence-corrected chi connectivity index (χ1v) is 5.93. The van der Waals surface area contributed by atoms with E-state index in [-0.39, 0.29) is 5.60 Å². The van der Waals surface area contributed by atoms with E-state index in [1.807, 2.05) is 0 Å². The van der Waals surface area contributed by atoms with Crippen LogP contribution in [0, 0.1) is 0 Å². The van der Waals surface area contributed by atoms with Crippen LogP contribution >= 0.6 is 0 Å². The topological polar surface area (TPSA) is 24.5 Å². The maximum atomic E-state index is 5.44. The smallest absolute Gasteiger partial charge is 0.0637 e. The van der Waals surface area contributed by atoms with Gasteiger partial charge in [-0.3, -0.25) is 0 Å². The van der Waals surface area contributed by atoms with Crippen molar-refractivity contribution < 1.29 is 4.74 Å². The minimum Gasteiger partial charge on any atom is -0.379 e.